The Kier molecular flexibility index (Phi) is 14.3. The summed E-state index contributed by atoms with van der Waals surface area (Å²) in [7, 11) is 0. The number of carbonyl (C=O) groups is 1. The standard InChI is InChI=1S/C34H52N2O3/c1-8-36-21-11-16-31(36)33(35)34(37)30-18-17-29(38-22-19-27(6)14-9-12-25(2)3)24-32(30)39-23-20-28(7)15-10-13-26(4)5/h12-13,17-20,24,31,33H,8-11,14-16,21-23,35H2,1-7H3/b27-19+,28-20+. The van der Waals surface area contributed by atoms with E-state index >= 15 is 0 Å². The monoisotopic (exact) mass is 536 g/mol. The zero-order valence-electron chi connectivity index (χ0n) is 25.5. The quantitative estimate of drug-likeness (QED) is 0.172. The lowest BCUT2D eigenvalue weighted by Crippen LogP contribution is -2.48. The predicted octanol–water partition coefficient (Wildman–Crippen LogP) is 7.82. The molecule has 0 aliphatic carbocycles. The van der Waals surface area contributed by atoms with Crippen LogP contribution >= 0.6 is 0 Å². The van der Waals surface area contributed by atoms with E-state index in [9.17, 15) is 4.79 Å². The summed E-state index contributed by atoms with van der Waals surface area (Å²) in [6.45, 7) is 17.6. The summed E-state index contributed by atoms with van der Waals surface area (Å²) < 4.78 is 12.2. The number of carbonyl (C=O) groups excluding carboxylic acids is 1. The van der Waals surface area contributed by atoms with Gasteiger partial charge in [0.15, 0.2) is 5.78 Å². The fourth-order valence-corrected chi connectivity index (χ4v) is 4.86. The zero-order chi connectivity index (χ0) is 28.8. The second-order valence-electron chi connectivity index (χ2n) is 11.2. The van der Waals surface area contributed by atoms with E-state index in [0.717, 1.165) is 51.6 Å². The van der Waals surface area contributed by atoms with E-state index in [-0.39, 0.29) is 11.8 Å². The van der Waals surface area contributed by atoms with Gasteiger partial charge in [-0.25, -0.2) is 0 Å². The molecular formula is C34H52N2O3. The first-order valence-corrected chi connectivity index (χ1v) is 14.6. The Labute approximate surface area is 237 Å². The first-order chi connectivity index (χ1) is 18.6. The van der Waals surface area contributed by atoms with Gasteiger partial charge in [0.1, 0.15) is 24.7 Å². The summed E-state index contributed by atoms with van der Waals surface area (Å²) in [6, 6.07) is 5.00. The molecule has 0 aromatic heterocycles. The van der Waals surface area contributed by atoms with E-state index in [1.165, 1.54) is 22.3 Å². The van der Waals surface area contributed by atoms with Crippen molar-refractivity contribution >= 4 is 5.78 Å². The van der Waals surface area contributed by atoms with Gasteiger partial charge in [-0.2, -0.15) is 0 Å². The van der Waals surface area contributed by atoms with E-state index in [1.807, 2.05) is 18.2 Å². The number of ketones is 1. The van der Waals surface area contributed by atoms with Crippen LogP contribution in [0.4, 0.5) is 0 Å². The minimum absolute atomic E-state index is 0.0684. The SMILES string of the molecule is CCN1CCCC1C(N)C(=O)c1ccc(OC/C=C(\C)CCC=C(C)C)cc1OC/C=C(\C)CCC=C(C)C. The van der Waals surface area contributed by atoms with Crippen molar-refractivity contribution in [3.8, 4) is 11.5 Å². The van der Waals surface area contributed by atoms with Crippen LogP contribution in [0.15, 0.2) is 64.8 Å². The molecular weight excluding hydrogens is 484 g/mol. The zero-order valence-corrected chi connectivity index (χ0v) is 25.5. The number of likely N-dealkylation sites (N-methyl/N-ethyl adjacent to an activating group) is 1. The van der Waals surface area contributed by atoms with Crippen LogP contribution in [-0.2, 0) is 0 Å². The summed E-state index contributed by atoms with van der Waals surface area (Å²) in [5, 5.41) is 0. The maximum atomic E-state index is 13.6. The predicted molar refractivity (Wildman–Crippen MR) is 165 cm³/mol. The van der Waals surface area contributed by atoms with Crippen LogP contribution in [0.5, 0.6) is 11.5 Å². The summed E-state index contributed by atoms with van der Waals surface area (Å²) in [5.74, 6) is 1.15. The van der Waals surface area contributed by atoms with Crippen LogP contribution in [0, 0.1) is 0 Å². The molecule has 216 valence electrons. The average molecular weight is 537 g/mol. The van der Waals surface area contributed by atoms with Gasteiger partial charge in [-0.15, -0.1) is 0 Å². The summed E-state index contributed by atoms with van der Waals surface area (Å²) in [6.07, 6.45) is 14.8. The number of allylic oxidation sites excluding steroid dienone is 6. The van der Waals surface area contributed by atoms with Crippen LogP contribution in [0.2, 0.25) is 0 Å². The number of hydrogen-bond acceptors (Lipinski definition) is 5. The lowest BCUT2D eigenvalue weighted by atomic mass is 9.96. The highest BCUT2D eigenvalue weighted by Gasteiger charge is 2.34. The minimum Gasteiger partial charge on any atom is -0.489 e. The third-order valence-corrected chi connectivity index (χ3v) is 7.29. The third kappa shape index (κ3) is 11.6. The molecule has 1 heterocycles. The lowest BCUT2D eigenvalue weighted by Gasteiger charge is -2.27. The van der Waals surface area contributed by atoms with E-state index in [0.29, 0.717) is 30.3 Å². The third-order valence-electron chi connectivity index (χ3n) is 7.29. The Bertz CT molecular complexity index is 1040. The first-order valence-electron chi connectivity index (χ1n) is 14.6. The number of ether oxygens (including phenoxy) is 2. The normalized spacial score (nSPS) is 17.1. The van der Waals surface area contributed by atoms with Gasteiger partial charge < -0.3 is 15.2 Å². The number of nitrogens with zero attached hydrogens (tertiary/aromatic N) is 1. The van der Waals surface area contributed by atoms with Gasteiger partial charge in [0, 0.05) is 12.1 Å². The molecule has 2 N–H and O–H groups in total. The minimum atomic E-state index is -0.575. The lowest BCUT2D eigenvalue weighted by molar-refractivity contribution is 0.0904. The van der Waals surface area contributed by atoms with Crippen molar-refractivity contribution in [1.82, 2.24) is 4.90 Å². The summed E-state index contributed by atoms with van der Waals surface area (Å²) in [4.78, 5) is 15.9. The molecule has 0 amide bonds. The fraction of sp³-hybridized carbons (Fsp3) is 0.559. The summed E-state index contributed by atoms with van der Waals surface area (Å²) in [5.41, 5.74) is 12.3. The Morgan fingerprint density at radius 3 is 2.10 bits per heavy atom. The molecule has 0 bridgehead atoms. The largest absolute Gasteiger partial charge is 0.489 e. The smallest absolute Gasteiger partial charge is 0.184 e. The van der Waals surface area contributed by atoms with Gasteiger partial charge in [0.25, 0.3) is 0 Å². The highest BCUT2D eigenvalue weighted by molar-refractivity contribution is 6.03. The molecule has 1 aromatic rings. The van der Waals surface area contributed by atoms with Crippen molar-refractivity contribution in [3.05, 3.63) is 70.4 Å². The van der Waals surface area contributed by atoms with Gasteiger partial charge in [-0.05, 0) is 117 Å². The van der Waals surface area contributed by atoms with E-state index in [2.05, 4.69) is 77.7 Å². The molecule has 1 fully saturated rings. The van der Waals surface area contributed by atoms with Crippen molar-refractivity contribution in [3.63, 3.8) is 0 Å². The molecule has 1 aromatic carbocycles. The Hall–Kier alpha value is -2.63. The molecule has 1 aliphatic heterocycles. The molecule has 39 heavy (non-hydrogen) atoms. The van der Waals surface area contributed by atoms with Crippen LogP contribution in [0.1, 0.15) is 97.3 Å². The molecule has 5 heteroatoms. The number of likely N-dealkylation sites (tertiary alicyclic amines) is 1. The number of rotatable bonds is 16. The van der Waals surface area contributed by atoms with Gasteiger partial charge in [-0.1, -0.05) is 41.4 Å². The second kappa shape index (κ2) is 17.1. The molecule has 1 aliphatic rings. The fourth-order valence-electron chi connectivity index (χ4n) is 4.86. The van der Waals surface area contributed by atoms with Crippen molar-refractivity contribution in [1.29, 1.82) is 0 Å². The highest BCUT2D eigenvalue weighted by atomic mass is 16.5. The van der Waals surface area contributed by atoms with E-state index in [1.54, 1.807) is 0 Å². The molecule has 2 atom stereocenters. The average Bonchev–Trinajstić information content (AvgIpc) is 3.36. The van der Waals surface area contributed by atoms with Gasteiger partial charge >= 0.3 is 0 Å². The molecule has 1 saturated heterocycles. The summed E-state index contributed by atoms with van der Waals surface area (Å²) >= 11 is 0. The first kappa shape index (κ1) is 32.6. The Balaban J connectivity index is 2.16. The van der Waals surface area contributed by atoms with Crippen molar-refractivity contribution in [2.45, 2.75) is 99.1 Å². The van der Waals surface area contributed by atoms with Gasteiger partial charge in [0.2, 0.25) is 0 Å². The highest BCUT2D eigenvalue weighted by Crippen LogP contribution is 2.29. The molecule has 2 rings (SSSR count). The topological polar surface area (TPSA) is 64.8 Å². The Morgan fingerprint density at radius 1 is 0.949 bits per heavy atom. The number of nitrogens with two attached hydrogens (primary N) is 1. The molecule has 0 radical (unpaired) electrons. The maximum Gasteiger partial charge on any atom is 0.184 e. The number of hydrogen-bond donors (Lipinski definition) is 1. The second-order valence-corrected chi connectivity index (χ2v) is 11.2. The van der Waals surface area contributed by atoms with E-state index < -0.39 is 6.04 Å². The van der Waals surface area contributed by atoms with Gasteiger partial charge in [-0.3, -0.25) is 9.69 Å². The van der Waals surface area contributed by atoms with Crippen LogP contribution in [0.3, 0.4) is 0 Å². The van der Waals surface area contributed by atoms with Crippen LogP contribution < -0.4 is 15.2 Å². The number of Topliss-reactive ketones (excluding diaryl/α,β-unsaturated/α-hetero) is 1. The number of benzene rings is 1. The van der Waals surface area contributed by atoms with Crippen molar-refractivity contribution < 1.29 is 14.3 Å². The van der Waals surface area contributed by atoms with Crippen LogP contribution in [-0.4, -0.2) is 49.1 Å². The van der Waals surface area contributed by atoms with E-state index in [4.69, 9.17) is 15.2 Å². The molecule has 2 unspecified atom stereocenters. The van der Waals surface area contributed by atoms with Crippen LogP contribution in [0.25, 0.3) is 0 Å². The van der Waals surface area contributed by atoms with Crippen molar-refractivity contribution in [2.24, 2.45) is 5.73 Å². The maximum absolute atomic E-state index is 13.6. The Morgan fingerprint density at radius 2 is 1.54 bits per heavy atom. The van der Waals surface area contributed by atoms with Gasteiger partial charge in [0.05, 0.1) is 11.6 Å². The van der Waals surface area contributed by atoms with Crippen molar-refractivity contribution in [2.75, 3.05) is 26.3 Å². The molecule has 0 saturated carbocycles. The molecule has 0 spiro atoms. The molecule has 5 nitrogen and oxygen atoms in total.